The molecule has 0 bridgehead atoms. The Morgan fingerprint density at radius 1 is 0.913 bits per heavy atom. The number of hydrogen-bond acceptors (Lipinski definition) is 3. The highest BCUT2D eigenvalue weighted by molar-refractivity contribution is 6.29. The second-order valence-corrected chi connectivity index (χ2v) is 5.87. The van der Waals surface area contributed by atoms with Crippen LogP contribution < -0.4 is 4.90 Å². The Bertz CT molecular complexity index is 784. The fourth-order valence-electron chi connectivity index (χ4n) is 3.22. The van der Waals surface area contributed by atoms with Crippen LogP contribution in [0, 0.1) is 5.92 Å². The molecular weight excluding hydrogens is 288 g/mol. The molecule has 2 amide bonds. The Balaban J connectivity index is 1.58. The van der Waals surface area contributed by atoms with Crippen LogP contribution in [0.2, 0.25) is 0 Å². The van der Waals surface area contributed by atoms with E-state index in [-0.39, 0.29) is 17.7 Å². The molecule has 4 rings (SSSR count). The second kappa shape index (κ2) is 5.39. The molecule has 0 aromatic heterocycles. The molecule has 4 heteroatoms. The molecule has 0 saturated carbocycles. The van der Waals surface area contributed by atoms with Crippen LogP contribution in [0.4, 0.5) is 5.69 Å². The quantitative estimate of drug-likeness (QED) is 0.818. The third-order valence-electron chi connectivity index (χ3n) is 4.33. The highest BCUT2D eigenvalue weighted by Gasteiger charge is 2.47. The summed E-state index contributed by atoms with van der Waals surface area (Å²) in [6.45, 7) is 1.28. The summed E-state index contributed by atoms with van der Waals surface area (Å²) in [6, 6.07) is 19.2. The average Bonchev–Trinajstić information content (AvgIpc) is 3.09. The SMILES string of the molecule is O=C1C2=CN(Cc3ccccc3)CC2C(=O)N1c1ccccc1. The molecule has 0 radical (unpaired) electrons. The van der Waals surface area contributed by atoms with Crippen LogP contribution in [-0.4, -0.2) is 23.3 Å². The van der Waals surface area contributed by atoms with E-state index in [1.807, 2.05) is 59.6 Å². The summed E-state index contributed by atoms with van der Waals surface area (Å²) in [6.07, 6.45) is 1.85. The summed E-state index contributed by atoms with van der Waals surface area (Å²) in [7, 11) is 0. The van der Waals surface area contributed by atoms with Crippen molar-refractivity contribution in [3.05, 3.63) is 78.0 Å². The van der Waals surface area contributed by atoms with Gasteiger partial charge >= 0.3 is 0 Å². The third kappa shape index (κ3) is 2.32. The van der Waals surface area contributed by atoms with Crippen molar-refractivity contribution in [2.75, 3.05) is 11.4 Å². The predicted molar refractivity (Wildman–Crippen MR) is 87.4 cm³/mol. The molecule has 2 heterocycles. The number of benzene rings is 2. The van der Waals surface area contributed by atoms with E-state index in [2.05, 4.69) is 0 Å². The topological polar surface area (TPSA) is 40.6 Å². The van der Waals surface area contributed by atoms with Gasteiger partial charge in [0.15, 0.2) is 0 Å². The minimum Gasteiger partial charge on any atom is -0.371 e. The van der Waals surface area contributed by atoms with Crippen molar-refractivity contribution >= 4 is 17.5 Å². The number of anilines is 1. The lowest BCUT2D eigenvalue weighted by atomic mass is 10.1. The summed E-state index contributed by atoms with van der Waals surface area (Å²) in [5, 5.41) is 0. The van der Waals surface area contributed by atoms with Crippen molar-refractivity contribution in [3.63, 3.8) is 0 Å². The van der Waals surface area contributed by atoms with Crippen molar-refractivity contribution in [3.8, 4) is 0 Å². The van der Waals surface area contributed by atoms with Gasteiger partial charge in [-0.05, 0) is 17.7 Å². The first kappa shape index (κ1) is 13.8. The van der Waals surface area contributed by atoms with Crippen molar-refractivity contribution in [1.82, 2.24) is 4.90 Å². The number of hydrogen-bond donors (Lipinski definition) is 0. The van der Waals surface area contributed by atoms with Gasteiger partial charge in [0.1, 0.15) is 0 Å². The maximum Gasteiger partial charge on any atom is 0.263 e. The normalized spacial score (nSPS) is 20.0. The Hall–Kier alpha value is -2.88. The lowest BCUT2D eigenvalue weighted by Gasteiger charge is -2.20. The van der Waals surface area contributed by atoms with E-state index in [4.69, 9.17) is 0 Å². The van der Waals surface area contributed by atoms with Crippen molar-refractivity contribution in [2.24, 2.45) is 5.92 Å². The Kier molecular flexibility index (Phi) is 3.23. The van der Waals surface area contributed by atoms with E-state index in [1.165, 1.54) is 10.5 Å². The van der Waals surface area contributed by atoms with E-state index < -0.39 is 0 Å². The van der Waals surface area contributed by atoms with Gasteiger partial charge in [-0.3, -0.25) is 9.59 Å². The van der Waals surface area contributed by atoms with Crippen LogP contribution in [0.1, 0.15) is 5.56 Å². The number of carbonyl (C=O) groups excluding carboxylic acids is 2. The Morgan fingerprint density at radius 2 is 1.57 bits per heavy atom. The van der Waals surface area contributed by atoms with Gasteiger partial charge in [-0.1, -0.05) is 48.5 Å². The first-order valence-corrected chi connectivity index (χ1v) is 7.67. The van der Waals surface area contributed by atoms with Crippen molar-refractivity contribution in [2.45, 2.75) is 6.54 Å². The zero-order chi connectivity index (χ0) is 15.8. The molecular formula is C19H16N2O2. The van der Waals surface area contributed by atoms with Gasteiger partial charge in [0, 0.05) is 24.9 Å². The number of fused-ring (bicyclic) bond motifs is 1. The molecule has 4 nitrogen and oxygen atoms in total. The number of nitrogens with zero attached hydrogens (tertiary/aromatic N) is 2. The lowest BCUT2D eigenvalue weighted by molar-refractivity contribution is -0.122. The first-order valence-electron chi connectivity index (χ1n) is 7.67. The monoisotopic (exact) mass is 304 g/mol. The zero-order valence-corrected chi connectivity index (χ0v) is 12.6. The summed E-state index contributed by atoms with van der Waals surface area (Å²) < 4.78 is 0. The number of imide groups is 1. The maximum atomic E-state index is 12.6. The second-order valence-electron chi connectivity index (χ2n) is 5.87. The molecule has 1 saturated heterocycles. The van der Waals surface area contributed by atoms with Crippen LogP contribution in [0.3, 0.4) is 0 Å². The maximum absolute atomic E-state index is 12.6. The number of amides is 2. The van der Waals surface area contributed by atoms with E-state index in [1.54, 1.807) is 12.1 Å². The zero-order valence-electron chi connectivity index (χ0n) is 12.6. The van der Waals surface area contributed by atoms with Crippen LogP contribution in [-0.2, 0) is 16.1 Å². The van der Waals surface area contributed by atoms with E-state index >= 15 is 0 Å². The van der Waals surface area contributed by atoms with Gasteiger partial charge in [-0.15, -0.1) is 0 Å². The molecule has 1 unspecified atom stereocenters. The van der Waals surface area contributed by atoms with Gasteiger partial charge in [0.25, 0.3) is 5.91 Å². The van der Waals surface area contributed by atoms with Crippen molar-refractivity contribution in [1.29, 1.82) is 0 Å². The molecule has 1 fully saturated rings. The van der Waals surface area contributed by atoms with Gasteiger partial charge in [-0.25, -0.2) is 4.90 Å². The molecule has 2 aromatic rings. The Morgan fingerprint density at radius 3 is 2.22 bits per heavy atom. The molecule has 0 aliphatic carbocycles. The highest BCUT2D eigenvalue weighted by atomic mass is 16.2. The van der Waals surface area contributed by atoms with Crippen molar-refractivity contribution < 1.29 is 9.59 Å². The molecule has 1 atom stereocenters. The number of rotatable bonds is 3. The van der Waals surface area contributed by atoms with Gasteiger partial charge < -0.3 is 4.90 Å². The smallest absolute Gasteiger partial charge is 0.263 e. The Labute approximate surface area is 134 Å². The molecule has 2 aliphatic heterocycles. The van der Waals surface area contributed by atoms with Gasteiger partial charge in [-0.2, -0.15) is 0 Å². The molecule has 2 aliphatic rings. The summed E-state index contributed by atoms with van der Waals surface area (Å²) in [4.78, 5) is 28.6. The fraction of sp³-hybridized carbons (Fsp3) is 0.158. The van der Waals surface area contributed by atoms with Gasteiger partial charge in [0.2, 0.25) is 5.91 Å². The summed E-state index contributed by atoms with van der Waals surface area (Å²) in [5.74, 6) is -0.656. The average molecular weight is 304 g/mol. The third-order valence-corrected chi connectivity index (χ3v) is 4.33. The number of carbonyl (C=O) groups is 2. The van der Waals surface area contributed by atoms with E-state index in [0.29, 0.717) is 24.4 Å². The highest BCUT2D eigenvalue weighted by Crippen LogP contribution is 2.35. The van der Waals surface area contributed by atoms with Crippen LogP contribution in [0.15, 0.2) is 72.4 Å². The first-order chi connectivity index (χ1) is 11.2. The molecule has 0 spiro atoms. The summed E-state index contributed by atoms with van der Waals surface area (Å²) in [5.41, 5.74) is 2.42. The molecule has 114 valence electrons. The lowest BCUT2D eigenvalue weighted by Crippen LogP contribution is -2.33. The minimum absolute atomic E-state index is 0.122. The van der Waals surface area contributed by atoms with Gasteiger partial charge in [0.05, 0.1) is 11.6 Å². The predicted octanol–water partition coefficient (Wildman–Crippen LogP) is 2.58. The largest absolute Gasteiger partial charge is 0.371 e. The van der Waals surface area contributed by atoms with Crippen LogP contribution in [0.25, 0.3) is 0 Å². The fourth-order valence-corrected chi connectivity index (χ4v) is 3.22. The molecule has 0 N–H and O–H groups in total. The minimum atomic E-state index is -0.341. The van der Waals surface area contributed by atoms with Crippen LogP contribution >= 0.6 is 0 Å². The van der Waals surface area contributed by atoms with E-state index in [9.17, 15) is 9.59 Å². The van der Waals surface area contributed by atoms with Crippen LogP contribution in [0.5, 0.6) is 0 Å². The number of para-hydroxylation sites is 1. The standard InChI is InChI=1S/C19H16N2O2/c22-18-16-12-20(11-14-7-3-1-4-8-14)13-17(16)19(23)21(18)15-9-5-2-6-10-15/h1-10,12,17H,11,13H2. The molecule has 2 aromatic carbocycles. The summed E-state index contributed by atoms with van der Waals surface area (Å²) >= 11 is 0. The molecule has 23 heavy (non-hydrogen) atoms. The van der Waals surface area contributed by atoms with E-state index in [0.717, 1.165) is 0 Å².